The molecule has 10 heteroatoms. The van der Waals surface area contributed by atoms with E-state index in [1.165, 1.54) is 30.2 Å². The number of thiophene rings is 1. The van der Waals surface area contributed by atoms with Gasteiger partial charge in [-0.2, -0.15) is 0 Å². The normalized spacial score (nSPS) is 16.4. The lowest BCUT2D eigenvalue weighted by Gasteiger charge is -2.31. The van der Waals surface area contributed by atoms with Gasteiger partial charge in [-0.1, -0.05) is 30.5 Å². The Hall–Kier alpha value is -3.01. The molecule has 5 rings (SSSR count). The van der Waals surface area contributed by atoms with E-state index in [2.05, 4.69) is 15.6 Å². The molecule has 1 aliphatic heterocycles. The van der Waals surface area contributed by atoms with Crippen LogP contribution in [0.5, 0.6) is 0 Å². The number of benzene rings is 1. The Kier molecular flexibility index (Phi) is 9.13. The first kappa shape index (κ1) is 27.0. The minimum atomic E-state index is -0.724. The zero-order valence-corrected chi connectivity index (χ0v) is 22.0. The number of nitrogens with two attached hydrogens (primary N) is 1. The summed E-state index contributed by atoms with van der Waals surface area (Å²) in [6.07, 6.45) is 10.4. The number of carbonyl (C=O) groups is 2. The summed E-state index contributed by atoms with van der Waals surface area (Å²) >= 11 is 7.14. The van der Waals surface area contributed by atoms with E-state index < -0.39 is 11.4 Å². The van der Waals surface area contributed by atoms with E-state index >= 15 is 0 Å². The molecule has 37 heavy (non-hydrogen) atoms. The van der Waals surface area contributed by atoms with Crippen molar-refractivity contribution in [3.05, 3.63) is 76.1 Å². The van der Waals surface area contributed by atoms with Gasteiger partial charge >= 0.3 is 6.03 Å². The fraction of sp³-hybridized carbons (Fsp3) is 0.370. The van der Waals surface area contributed by atoms with Gasteiger partial charge in [0.1, 0.15) is 5.82 Å². The second kappa shape index (κ2) is 12.5. The summed E-state index contributed by atoms with van der Waals surface area (Å²) in [7, 11) is 0. The van der Waals surface area contributed by atoms with Gasteiger partial charge in [-0.05, 0) is 79.1 Å². The zero-order valence-electron chi connectivity index (χ0n) is 20.5. The number of hydrogen-bond donors (Lipinski definition) is 3. The van der Waals surface area contributed by atoms with Crippen molar-refractivity contribution in [2.24, 2.45) is 11.7 Å². The molecule has 3 heterocycles. The molecule has 1 saturated carbocycles. The van der Waals surface area contributed by atoms with Crippen molar-refractivity contribution in [2.45, 2.75) is 44.1 Å². The molecule has 1 atom stereocenters. The number of nitrogens with zero attached hydrogens (tertiary/aromatic N) is 2. The molecule has 0 spiro atoms. The molecule has 7 nitrogen and oxygen atoms in total. The fourth-order valence-electron chi connectivity index (χ4n) is 4.41. The van der Waals surface area contributed by atoms with Crippen molar-refractivity contribution in [3.8, 4) is 0 Å². The number of amides is 3. The number of halogens is 2. The van der Waals surface area contributed by atoms with Gasteiger partial charge in [0.25, 0.3) is 0 Å². The summed E-state index contributed by atoms with van der Waals surface area (Å²) in [6.45, 7) is 1.73. The minimum Gasteiger partial charge on any atom is -0.326 e. The predicted molar refractivity (Wildman–Crippen MR) is 146 cm³/mol. The van der Waals surface area contributed by atoms with Crippen LogP contribution >= 0.6 is 22.9 Å². The van der Waals surface area contributed by atoms with Crippen molar-refractivity contribution in [2.75, 3.05) is 23.7 Å². The summed E-state index contributed by atoms with van der Waals surface area (Å²) < 4.78 is 14.5. The average Bonchev–Trinajstić information content (AvgIpc) is 3.39. The van der Waals surface area contributed by atoms with E-state index in [1.54, 1.807) is 30.6 Å². The van der Waals surface area contributed by atoms with Crippen molar-refractivity contribution in [1.82, 2.24) is 9.88 Å². The van der Waals surface area contributed by atoms with Crippen LogP contribution in [0.2, 0.25) is 4.34 Å². The predicted octanol–water partition coefficient (Wildman–Crippen LogP) is 6.21. The molecule has 1 aliphatic carbocycles. The second-order valence-corrected chi connectivity index (χ2v) is 11.1. The number of nitrogens with one attached hydrogen (secondary N) is 2. The third-order valence-corrected chi connectivity index (χ3v) is 7.88. The van der Waals surface area contributed by atoms with Crippen LogP contribution in [0.1, 0.15) is 49.7 Å². The largest absolute Gasteiger partial charge is 0.326 e. The molecule has 1 saturated heterocycles. The molecule has 3 amide bonds. The highest BCUT2D eigenvalue weighted by atomic mass is 35.5. The van der Waals surface area contributed by atoms with Gasteiger partial charge in [0.2, 0.25) is 6.41 Å². The van der Waals surface area contributed by atoms with Crippen LogP contribution in [0.4, 0.5) is 19.9 Å². The number of pyridine rings is 1. The third-order valence-electron chi connectivity index (χ3n) is 6.73. The minimum absolute atomic E-state index is 0.0129. The highest BCUT2D eigenvalue weighted by molar-refractivity contribution is 7.20. The Bertz CT molecular complexity index is 1200. The van der Waals surface area contributed by atoms with E-state index in [4.69, 9.17) is 17.3 Å². The van der Waals surface area contributed by atoms with E-state index in [1.807, 2.05) is 23.1 Å². The van der Waals surface area contributed by atoms with Crippen LogP contribution < -0.4 is 16.4 Å². The highest BCUT2D eigenvalue weighted by Gasteiger charge is 2.33. The number of aromatic nitrogens is 1. The molecular formula is C27H31ClFN5O2S. The van der Waals surface area contributed by atoms with Crippen molar-refractivity contribution in [3.63, 3.8) is 0 Å². The molecule has 4 N–H and O–H groups in total. The molecule has 0 bridgehead atoms. The lowest BCUT2D eigenvalue weighted by molar-refractivity contribution is -0.105. The van der Waals surface area contributed by atoms with E-state index in [0.717, 1.165) is 60.8 Å². The lowest BCUT2D eigenvalue weighted by Crippen LogP contribution is -2.38. The number of rotatable bonds is 8. The topological polar surface area (TPSA) is 100 Å². The fourth-order valence-corrected chi connectivity index (χ4v) is 5.34. The van der Waals surface area contributed by atoms with Gasteiger partial charge in [0.05, 0.1) is 20.6 Å². The van der Waals surface area contributed by atoms with Gasteiger partial charge in [-0.25, -0.2) is 9.18 Å². The number of carbonyl (C=O) groups excluding carboxylic acids is 2. The molecule has 2 aliphatic rings. The first-order valence-corrected chi connectivity index (χ1v) is 13.6. The Morgan fingerprint density at radius 2 is 1.89 bits per heavy atom. The number of urea groups is 1. The van der Waals surface area contributed by atoms with Crippen LogP contribution in [0.3, 0.4) is 0 Å². The molecule has 0 radical (unpaired) electrons. The molecule has 1 unspecified atom stereocenters. The Morgan fingerprint density at radius 1 is 1.16 bits per heavy atom. The molecule has 2 aromatic heterocycles. The number of anilines is 2. The van der Waals surface area contributed by atoms with E-state index in [9.17, 15) is 14.0 Å². The molecule has 2 fully saturated rings. The monoisotopic (exact) mass is 543 g/mol. The quantitative estimate of drug-likeness (QED) is 0.294. The van der Waals surface area contributed by atoms with E-state index in [0.29, 0.717) is 10.7 Å². The van der Waals surface area contributed by atoms with Gasteiger partial charge in [-0.15, -0.1) is 11.3 Å². The molecule has 1 aromatic carbocycles. The van der Waals surface area contributed by atoms with Crippen molar-refractivity contribution in [1.29, 1.82) is 0 Å². The van der Waals surface area contributed by atoms with E-state index in [-0.39, 0.29) is 11.7 Å². The van der Waals surface area contributed by atoms with Gasteiger partial charge in [-0.3, -0.25) is 15.1 Å². The Balaban J connectivity index is 0.000000195. The van der Waals surface area contributed by atoms with Crippen LogP contribution in [0.25, 0.3) is 0 Å². The van der Waals surface area contributed by atoms with Crippen LogP contribution in [0.15, 0.2) is 54.9 Å². The zero-order chi connectivity index (χ0) is 26.3. The summed E-state index contributed by atoms with van der Waals surface area (Å²) in [5.41, 5.74) is 7.92. The number of likely N-dealkylation sites (tertiary alicyclic amines) is 1. The summed E-state index contributed by atoms with van der Waals surface area (Å²) in [4.78, 5) is 28.1. The average molecular weight is 544 g/mol. The van der Waals surface area contributed by atoms with Crippen LogP contribution in [0, 0.1) is 11.7 Å². The van der Waals surface area contributed by atoms with Gasteiger partial charge < -0.3 is 16.0 Å². The standard InChI is InChI=1S/C18H20FN3O.C9H11ClN2OS/c19-16-4-3-15(11-17(16)22-12-23)18(20,8-5-13-1-2-13)14-6-9-21-10-7-14;10-7-3-4-8(14-7)11-9(13)12-5-1-2-6-12/h3-4,6-7,9-13H,1-2,5,8,20H2,(H,22,23);3-4H,1-2,5-6H2,(H,11,13). The first-order chi connectivity index (χ1) is 17.9. The Labute approximate surface area is 225 Å². The van der Waals surface area contributed by atoms with Gasteiger partial charge in [0.15, 0.2) is 0 Å². The second-order valence-electron chi connectivity index (χ2n) is 9.37. The first-order valence-electron chi connectivity index (χ1n) is 12.4. The highest BCUT2D eigenvalue weighted by Crippen LogP contribution is 2.40. The maximum absolute atomic E-state index is 13.8. The maximum Gasteiger partial charge on any atom is 0.322 e. The summed E-state index contributed by atoms with van der Waals surface area (Å²) in [5.74, 6) is 0.271. The SMILES string of the molecule is NC(CCC1CC1)(c1ccncc1)c1ccc(F)c(NC=O)c1.O=C(Nc1ccc(Cl)s1)N1CCCC1. The van der Waals surface area contributed by atoms with Crippen molar-refractivity contribution < 1.29 is 14.0 Å². The van der Waals surface area contributed by atoms with Crippen LogP contribution in [-0.2, 0) is 10.3 Å². The van der Waals surface area contributed by atoms with Crippen molar-refractivity contribution >= 4 is 46.1 Å². The maximum atomic E-state index is 13.8. The lowest BCUT2D eigenvalue weighted by atomic mass is 9.79. The summed E-state index contributed by atoms with van der Waals surface area (Å²) in [6, 6.07) is 12.0. The Morgan fingerprint density at radius 3 is 2.51 bits per heavy atom. The molecular weight excluding hydrogens is 513 g/mol. The molecule has 3 aromatic rings. The van der Waals surface area contributed by atoms with Gasteiger partial charge in [0, 0.05) is 25.5 Å². The third kappa shape index (κ3) is 7.28. The smallest absolute Gasteiger partial charge is 0.322 e. The number of hydrogen-bond acceptors (Lipinski definition) is 5. The summed E-state index contributed by atoms with van der Waals surface area (Å²) in [5, 5.41) is 6.03. The van der Waals surface area contributed by atoms with Crippen LogP contribution in [-0.4, -0.2) is 35.4 Å². The molecule has 196 valence electrons.